The number of hydrogen-bond donors (Lipinski definition) is 1. The van der Waals surface area contributed by atoms with Gasteiger partial charge in [-0.2, -0.15) is 0 Å². The Morgan fingerprint density at radius 1 is 1.22 bits per heavy atom. The molecule has 1 saturated heterocycles. The molecule has 6 heteroatoms. The summed E-state index contributed by atoms with van der Waals surface area (Å²) in [4.78, 5) is 19.3. The number of amidine groups is 1. The van der Waals surface area contributed by atoms with E-state index in [4.69, 9.17) is 4.99 Å². The smallest absolute Gasteiger partial charge is 0.279 e. The number of hydrazine groups is 1. The molecule has 2 aliphatic rings. The van der Waals surface area contributed by atoms with Crippen molar-refractivity contribution in [2.45, 2.75) is 38.6 Å². The van der Waals surface area contributed by atoms with Crippen molar-refractivity contribution in [1.29, 1.82) is 0 Å². The van der Waals surface area contributed by atoms with Crippen LogP contribution in [-0.2, 0) is 11.2 Å². The number of rotatable bonds is 5. The van der Waals surface area contributed by atoms with Gasteiger partial charge in [0.1, 0.15) is 5.84 Å². The normalized spacial score (nSPS) is 21.6. The van der Waals surface area contributed by atoms with E-state index >= 15 is 0 Å². The highest BCUT2D eigenvalue weighted by atomic mass is 32.2. The molecule has 1 aromatic carbocycles. The van der Waals surface area contributed by atoms with Crippen LogP contribution in [0.1, 0.15) is 42.7 Å². The van der Waals surface area contributed by atoms with E-state index in [0.29, 0.717) is 5.92 Å². The van der Waals surface area contributed by atoms with Gasteiger partial charge >= 0.3 is 0 Å². The van der Waals surface area contributed by atoms with Gasteiger partial charge in [-0.3, -0.25) is 10.2 Å². The number of carbonyl (C=O) groups is 1. The summed E-state index contributed by atoms with van der Waals surface area (Å²) in [7, 11) is 0. The summed E-state index contributed by atoms with van der Waals surface area (Å²) in [6.45, 7) is 6.59. The molecule has 1 aromatic heterocycles. The van der Waals surface area contributed by atoms with E-state index in [0.717, 1.165) is 22.0 Å². The zero-order valence-corrected chi connectivity index (χ0v) is 17.3. The lowest BCUT2D eigenvalue weighted by atomic mass is 9.96. The SMILES string of the molecule is CC(C)Cc1ccc(C(C)C2=NC3S/C(=C/c4cccs4)C(=O)N3N2)cc1. The van der Waals surface area contributed by atoms with Crippen LogP contribution < -0.4 is 5.43 Å². The highest BCUT2D eigenvalue weighted by Gasteiger charge is 2.41. The largest absolute Gasteiger partial charge is 0.281 e. The molecule has 2 atom stereocenters. The van der Waals surface area contributed by atoms with Gasteiger partial charge in [-0.25, -0.2) is 10.0 Å². The van der Waals surface area contributed by atoms with Gasteiger partial charge in [-0.05, 0) is 41.0 Å². The Kier molecular flexibility index (Phi) is 5.10. The maximum Gasteiger partial charge on any atom is 0.281 e. The lowest BCUT2D eigenvalue weighted by Crippen LogP contribution is -2.41. The molecule has 4 nitrogen and oxygen atoms in total. The van der Waals surface area contributed by atoms with E-state index in [-0.39, 0.29) is 17.3 Å². The minimum Gasteiger partial charge on any atom is -0.279 e. The standard InChI is InChI=1S/C21H23N3OS2/c1-13(2)11-15-6-8-16(9-7-15)14(3)19-22-21-24(23-19)20(25)18(27-21)12-17-5-4-10-26-17/h4-10,12-14,21H,11H2,1-3H3,(H,22,23)/b18-12+. The number of thioether (sulfide) groups is 1. The molecule has 2 aliphatic heterocycles. The highest BCUT2D eigenvalue weighted by molar-refractivity contribution is 8.05. The molecule has 0 radical (unpaired) electrons. The number of amides is 1. The summed E-state index contributed by atoms with van der Waals surface area (Å²) in [6, 6.07) is 12.8. The van der Waals surface area contributed by atoms with Crippen LogP contribution in [-0.4, -0.2) is 22.2 Å². The molecule has 2 aromatic rings. The number of hydrogen-bond acceptors (Lipinski definition) is 5. The zero-order chi connectivity index (χ0) is 19.0. The Hall–Kier alpha value is -2.05. The Morgan fingerprint density at radius 3 is 2.63 bits per heavy atom. The first kappa shape index (κ1) is 18.3. The summed E-state index contributed by atoms with van der Waals surface area (Å²) in [6.07, 6.45) is 3.04. The fourth-order valence-corrected chi connectivity index (χ4v) is 5.05. The fraction of sp³-hybridized carbons (Fsp3) is 0.333. The van der Waals surface area contributed by atoms with Crippen molar-refractivity contribution in [3.8, 4) is 0 Å². The van der Waals surface area contributed by atoms with Crippen LogP contribution in [0.2, 0.25) is 0 Å². The first-order chi connectivity index (χ1) is 13.0. The van der Waals surface area contributed by atoms with Gasteiger partial charge < -0.3 is 0 Å². The lowest BCUT2D eigenvalue weighted by Gasteiger charge is -2.17. The number of carbonyl (C=O) groups excluding carboxylic acids is 1. The summed E-state index contributed by atoms with van der Waals surface area (Å²) in [5, 5.41) is 3.66. The van der Waals surface area contributed by atoms with Crippen LogP contribution in [0, 0.1) is 5.92 Å². The van der Waals surface area contributed by atoms with Gasteiger partial charge in [0.25, 0.3) is 5.91 Å². The van der Waals surface area contributed by atoms with Gasteiger partial charge in [0.15, 0.2) is 5.50 Å². The third kappa shape index (κ3) is 3.82. The highest BCUT2D eigenvalue weighted by Crippen LogP contribution is 2.39. The minimum atomic E-state index is -0.207. The number of aliphatic imine (C=N–C) groups is 1. The van der Waals surface area contributed by atoms with Gasteiger partial charge in [0.2, 0.25) is 0 Å². The van der Waals surface area contributed by atoms with Crippen LogP contribution >= 0.6 is 23.1 Å². The van der Waals surface area contributed by atoms with E-state index < -0.39 is 0 Å². The van der Waals surface area contributed by atoms with E-state index in [9.17, 15) is 4.79 Å². The second-order valence-electron chi connectivity index (χ2n) is 7.33. The Balaban J connectivity index is 1.47. The number of nitrogens with one attached hydrogen (secondary N) is 1. The van der Waals surface area contributed by atoms with Gasteiger partial charge in [0.05, 0.1) is 4.91 Å². The maximum atomic E-state index is 12.7. The first-order valence-electron chi connectivity index (χ1n) is 9.20. The molecule has 1 N–H and O–H groups in total. The molecule has 4 rings (SSSR count). The summed E-state index contributed by atoms with van der Waals surface area (Å²) >= 11 is 3.14. The van der Waals surface area contributed by atoms with Crippen molar-refractivity contribution in [2.75, 3.05) is 0 Å². The molecule has 0 saturated carbocycles. The molecule has 0 aliphatic carbocycles. The Bertz CT molecular complexity index is 885. The average molecular weight is 398 g/mol. The summed E-state index contributed by atoms with van der Waals surface area (Å²) in [5.41, 5.74) is 5.59. The molecule has 2 unspecified atom stereocenters. The van der Waals surface area contributed by atoms with E-state index in [1.165, 1.54) is 22.9 Å². The number of benzene rings is 1. The zero-order valence-electron chi connectivity index (χ0n) is 15.7. The average Bonchev–Trinajstić information content (AvgIpc) is 3.35. The molecule has 0 bridgehead atoms. The van der Waals surface area contributed by atoms with Crippen molar-refractivity contribution in [3.63, 3.8) is 0 Å². The van der Waals surface area contributed by atoms with Crippen LogP contribution in [0.25, 0.3) is 6.08 Å². The fourth-order valence-electron chi connectivity index (χ4n) is 3.28. The van der Waals surface area contributed by atoms with Crippen LogP contribution in [0.4, 0.5) is 0 Å². The molecule has 140 valence electrons. The number of nitrogens with zero attached hydrogens (tertiary/aromatic N) is 2. The van der Waals surface area contributed by atoms with Gasteiger partial charge in [-0.1, -0.05) is 62.9 Å². The molecular formula is C21H23N3OS2. The predicted octanol–water partition coefficient (Wildman–Crippen LogP) is 4.87. The third-order valence-corrected chi connectivity index (χ3v) is 6.61. The number of fused-ring (bicyclic) bond motifs is 1. The minimum absolute atomic E-state index is 0.00312. The quantitative estimate of drug-likeness (QED) is 0.732. The maximum absolute atomic E-state index is 12.7. The van der Waals surface area contributed by atoms with Crippen LogP contribution in [0.3, 0.4) is 0 Å². The van der Waals surface area contributed by atoms with Crippen molar-refractivity contribution in [3.05, 3.63) is 62.7 Å². The van der Waals surface area contributed by atoms with E-state index in [1.54, 1.807) is 16.3 Å². The molecule has 27 heavy (non-hydrogen) atoms. The topological polar surface area (TPSA) is 44.7 Å². The predicted molar refractivity (Wildman–Crippen MR) is 114 cm³/mol. The van der Waals surface area contributed by atoms with Gasteiger partial charge in [0, 0.05) is 10.8 Å². The van der Waals surface area contributed by atoms with Crippen LogP contribution in [0.5, 0.6) is 0 Å². The second-order valence-corrected chi connectivity index (χ2v) is 9.41. The van der Waals surface area contributed by atoms with Crippen molar-refractivity contribution in [1.82, 2.24) is 10.4 Å². The summed E-state index contributed by atoms with van der Waals surface area (Å²) in [5.74, 6) is 1.63. The summed E-state index contributed by atoms with van der Waals surface area (Å²) < 4.78 is 0. The second kappa shape index (κ2) is 7.52. The van der Waals surface area contributed by atoms with Crippen molar-refractivity contribution < 1.29 is 4.79 Å². The molecular weight excluding hydrogens is 374 g/mol. The molecule has 3 heterocycles. The monoisotopic (exact) mass is 397 g/mol. The Labute approximate surface area is 168 Å². The Morgan fingerprint density at radius 2 is 2.00 bits per heavy atom. The van der Waals surface area contributed by atoms with E-state index in [2.05, 4.69) is 50.5 Å². The van der Waals surface area contributed by atoms with Crippen molar-refractivity contribution >= 4 is 40.9 Å². The van der Waals surface area contributed by atoms with Crippen LogP contribution in [0.15, 0.2) is 51.7 Å². The first-order valence-corrected chi connectivity index (χ1v) is 11.0. The lowest BCUT2D eigenvalue weighted by molar-refractivity contribution is -0.127. The molecule has 1 fully saturated rings. The van der Waals surface area contributed by atoms with Gasteiger partial charge in [-0.15, -0.1) is 11.3 Å². The van der Waals surface area contributed by atoms with Crippen molar-refractivity contribution in [2.24, 2.45) is 10.9 Å². The number of thiophene rings is 1. The van der Waals surface area contributed by atoms with E-state index in [1.807, 2.05) is 23.6 Å². The molecule has 0 spiro atoms. The third-order valence-electron chi connectivity index (χ3n) is 4.72. The molecule has 1 amide bonds.